The largest absolute Gasteiger partial charge is 0.378 e. The van der Waals surface area contributed by atoms with Gasteiger partial charge in [-0.25, -0.2) is 0 Å². The molecule has 3 nitrogen and oxygen atoms in total. The van der Waals surface area contributed by atoms with Crippen molar-refractivity contribution in [2.24, 2.45) is 0 Å². The van der Waals surface area contributed by atoms with E-state index >= 15 is 0 Å². The zero-order chi connectivity index (χ0) is 13.2. The molecule has 3 unspecified atom stereocenters. The molecule has 2 aromatic rings. The summed E-state index contributed by atoms with van der Waals surface area (Å²) in [5, 5.41) is 10.2. The van der Waals surface area contributed by atoms with E-state index in [4.69, 9.17) is 16.3 Å². The first kappa shape index (κ1) is 13.0. The number of rotatable bonds is 3. The molecule has 5 heteroatoms. The summed E-state index contributed by atoms with van der Waals surface area (Å²) in [5.41, 5.74) is 1.06. The van der Waals surface area contributed by atoms with Gasteiger partial charge < -0.3 is 4.74 Å². The van der Waals surface area contributed by atoms with Gasteiger partial charge in [-0.1, -0.05) is 41.7 Å². The van der Waals surface area contributed by atoms with Crippen molar-refractivity contribution in [3.63, 3.8) is 0 Å². The lowest BCUT2D eigenvalue weighted by Gasteiger charge is -2.09. The summed E-state index contributed by atoms with van der Waals surface area (Å²) in [7, 11) is 0. The average Bonchev–Trinajstić information content (AvgIpc) is 3.07. The lowest BCUT2D eigenvalue weighted by molar-refractivity contribution is 0.118. The minimum atomic E-state index is -0.218. The van der Waals surface area contributed by atoms with E-state index < -0.39 is 0 Å². The number of nitrogens with zero attached hydrogens (tertiary/aromatic N) is 2. The van der Waals surface area contributed by atoms with Crippen LogP contribution in [0.25, 0.3) is 0 Å². The predicted octanol–water partition coefficient (Wildman–Crippen LogP) is 3.76. The number of halogens is 1. The molecule has 0 aliphatic carbocycles. The van der Waals surface area contributed by atoms with Crippen molar-refractivity contribution >= 4 is 22.9 Å². The Hall–Kier alpha value is -0.970. The highest BCUT2D eigenvalue weighted by Gasteiger charge is 2.29. The van der Waals surface area contributed by atoms with Crippen LogP contribution in [0.1, 0.15) is 40.2 Å². The summed E-state index contributed by atoms with van der Waals surface area (Å²) < 4.78 is 5.58. The first-order chi connectivity index (χ1) is 9.25. The molecule has 1 aliphatic rings. The van der Waals surface area contributed by atoms with Gasteiger partial charge in [0.2, 0.25) is 0 Å². The van der Waals surface area contributed by atoms with Crippen LogP contribution < -0.4 is 0 Å². The standard InChI is InChI=1S/C14H15ClN2OS/c1-9-11(7-8-18-9)13-16-17-14(19-13)12(15)10-5-3-2-4-6-10/h2-6,9,11-12H,7-8H2,1H3. The molecule has 2 heterocycles. The molecule has 0 spiro atoms. The topological polar surface area (TPSA) is 35.0 Å². The van der Waals surface area contributed by atoms with Gasteiger partial charge in [-0.15, -0.1) is 21.8 Å². The second kappa shape index (κ2) is 5.57. The van der Waals surface area contributed by atoms with E-state index in [1.807, 2.05) is 30.3 Å². The summed E-state index contributed by atoms with van der Waals surface area (Å²) >= 11 is 8.07. The maximum absolute atomic E-state index is 6.46. The van der Waals surface area contributed by atoms with Crippen LogP contribution in [-0.4, -0.2) is 22.9 Å². The highest BCUT2D eigenvalue weighted by molar-refractivity contribution is 7.11. The van der Waals surface area contributed by atoms with Gasteiger partial charge in [0, 0.05) is 12.5 Å². The quantitative estimate of drug-likeness (QED) is 0.809. The normalized spacial score (nSPS) is 24.5. The zero-order valence-electron chi connectivity index (χ0n) is 10.6. The smallest absolute Gasteiger partial charge is 0.139 e. The maximum atomic E-state index is 6.46. The first-order valence-electron chi connectivity index (χ1n) is 6.39. The monoisotopic (exact) mass is 294 g/mol. The molecule has 1 aliphatic heterocycles. The fourth-order valence-corrected chi connectivity index (χ4v) is 3.72. The highest BCUT2D eigenvalue weighted by atomic mass is 35.5. The fourth-order valence-electron chi connectivity index (χ4n) is 2.32. The van der Waals surface area contributed by atoms with E-state index in [0.29, 0.717) is 5.92 Å². The van der Waals surface area contributed by atoms with E-state index in [1.165, 1.54) is 0 Å². The average molecular weight is 295 g/mol. The number of benzene rings is 1. The van der Waals surface area contributed by atoms with Gasteiger partial charge in [-0.3, -0.25) is 0 Å². The minimum absolute atomic E-state index is 0.218. The number of alkyl halides is 1. The van der Waals surface area contributed by atoms with Crippen molar-refractivity contribution < 1.29 is 4.74 Å². The van der Waals surface area contributed by atoms with Crippen LogP contribution in [0.2, 0.25) is 0 Å². The lowest BCUT2D eigenvalue weighted by Crippen LogP contribution is -2.08. The Morgan fingerprint density at radius 3 is 2.79 bits per heavy atom. The molecule has 0 bridgehead atoms. The van der Waals surface area contributed by atoms with Crippen LogP contribution in [0.3, 0.4) is 0 Å². The van der Waals surface area contributed by atoms with Gasteiger partial charge in [0.1, 0.15) is 15.4 Å². The highest BCUT2D eigenvalue weighted by Crippen LogP contribution is 2.37. The molecule has 19 heavy (non-hydrogen) atoms. The Balaban J connectivity index is 1.81. The third-order valence-corrected chi connectivity index (χ3v) is 5.17. The van der Waals surface area contributed by atoms with E-state index in [1.54, 1.807) is 11.3 Å². The molecule has 0 N–H and O–H groups in total. The Morgan fingerprint density at radius 2 is 2.11 bits per heavy atom. The summed E-state index contributed by atoms with van der Waals surface area (Å²) in [6.07, 6.45) is 1.25. The van der Waals surface area contributed by atoms with Crippen LogP contribution >= 0.6 is 22.9 Å². The SMILES string of the molecule is CC1OCCC1c1nnc(C(Cl)c2ccccc2)s1. The van der Waals surface area contributed by atoms with Gasteiger partial charge in [0.05, 0.1) is 6.10 Å². The van der Waals surface area contributed by atoms with E-state index in [-0.39, 0.29) is 11.5 Å². The van der Waals surface area contributed by atoms with Crippen LogP contribution in [-0.2, 0) is 4.74 Å². The van der Waals surface area contributed by atoms with E-state index in [2.05, 4.69) is 17.1 Å². The molecule has 0 amide bonds. The molecular formula is C14H15ClN2OS. The van der Waals surface area contributed by atoms with Crippen LogP contribution in [0.4, 0.5) is 0 Å². The second-order valence-electron chi connectivity index (χ2n) is 4.72. The summed E-state index contributed by atoms with van der Waals surface area (Å²) in [6.45, 7) is 2.90. The molecule has 1 saturated heterocycles. The van der Waals surface area contributed by atoms with Crippen molar-refractivity contribution in [1.29, 1.82) is 0 Å². The first-order valence-corrected chi connectivity index (χ1v) is 7.65. The van der Waals surface area contributed by atoms with Crippen molar-refractivity contribution in [3.05, 3.63) is 45.9 Å². The Morgan fingerprint density at radius 1 is 1.32 bits per heavy atom. The third kappa shape index (κ3) is 2.66. The summed E-state index contributed by atoms with van der Waals surface area (Å²) in [4.78, 5) is 0. The summed E-state index contributed by atoms with van der Waals surface area (Å²) in [6, 6.07) is 9.98. The van der Waals surface area contributed by atoms with Crippen molar-refractivity contribution in [1.82, 2.24) is 10.2 Å². The molecule has 100 valence electrons. The Labute approximate surface area is 121 Å². The lowest BCUT2D eigenvalue weighted by atomic mass is 10.0. The summed E-state index contributed by atoms with van der Waals surface area (Å²) in [5.74, 6) is 0.367. The van der Waals surface area contributed by atoms with Crippen molar-refractivity contribution in [3.8, 4) is 0 Å². The van der Waals surface area contributed by atoms with Crippen LogP contribution in [0.15, 0.2) is 30.3 Å². The number of aromatic nitrogens is 2. The number of ether oxygens (including phenoxy) is 1. The van der Waals surface area contributed by atoms with Crippen molar-refractivity contribution in [2.75, 3.05) is 6.61 Å². The van der Waals surface area contributed by atoms with Crippen LogP contribution in [0, 0.1) is 0 Å². The number of hydrogen-bond donors (Lipinski definition) is 0. The third-order valence-electron chi connectivity index (χ3n) is 3.46. The van der Waals surface area contributed by atoms with Gasteiger partial charge in [0.25, 0.3) is 0 Å². The maximum Gasteiger partial charge on any atom is 0.139 e. The van der Waals surface area contributed by atoms with Gasteiger partial charge in [0.15, 0.2) is 0 Å². The zero-order valence-corrected chi connectivity index (χ0v) is 12.2. The fraction of sp³-hybridized carbons (Fsp3) is 0.429. The van der Waals surface area contributed by atoms with Gasteiger partial charge >= 0.3 is 0 Å². The molecule has 1 fully saturated rings. The molecule has 1 aromatic carbocycles. The van der Waals surface area contributed by atoms with Crippen molar-refractivity contribution in [2.45, 2.75) is 30.7 Å². The molecule has 3 atom stereocenters. The molecular weight excluding hydrogens is 280 g/mol. The second-order valence-corrected chi connectivity index (χ2v) is 6.20. The molecule has 1 aromatic heterocycles. The number of hydrogen-bond acceptors (Lipinski definition) is 4. The Kier molecular flexibility index (Phi) is 3.82. The van der Waals surface area contributed by atoms with E-state index in [0.717, 1.165) is 28.6 Å². The molecule has 0 radical (unpaired) electrons. The molecule has 3 rings (SSSR count). The Bertz CT molecular complexity index is 545. The van der Waals surface area contributed by atoms with E-state index in [9.17, 15) is 0 Å². The predicted molar refractivity (Wildman–Crippen MR) is 76.8 cm³/mol. The molecule has 0 saturated carbocycles. The van der Waals surface area contributed by atoms with Crippen LogP contribution in [0.5, 0.6) is 0 Å². The minimum Gasteiger partial charge on any atom is -0.378 e. The van der Waals surface area contributed by atoms with Gasteiger partial charge in [-0.05, 0) is 18.9 Å². The van der Waals surface area contributed by atoms with Gasteiger partial charge in [-0.2, -0.15) is 0 Å².